The Balaban J connectivity index is 0.00000506. The first-order chi connectivity index (χ1) is 20.1. The first kappa shape index (κ1) is 34.7. The van der Waals surface area contributed by atoms with Crippen LogP contribution in [0.15, 0.2) is 83.6 Å². The molecule has 0 amide bonds. The zero-order chi connectivity index (χ0) is 30.3. The number of carboxylic acid groups (broad SMARTS) is 1. The number of hydrogen-bond acceptors (Lipinski definition) is 6. The van der Waals surface area contributed by atoms with Crippen molar-refractivity contribution in [2.75, 3.05) is 31.3 Å². The maximum atomic E-state index is 13.1. The Morgan fingerprint density at radius 2 is 1.81 bits per heavy atom. The fraction of sp³-hybridized carbons (Fsp3) is 0.333. The first-order valence-electron chi connectivity index (χ1n) is 14.1. The summed E-state index contributed by atoms with van der Waals surface area (Å²) in [5, 5.41) is 16.7. The van der Waals surface area contributed by atoms with Crippen molar-refractivity contribution in [2.45, 2.75) is 44.9 Å². The molecule has 43 heavy (non-hydrogen) atoms. The molecule has 1 aliphatic rings. The van der Waals surface area contributed by atoms with Crippen LogP contribution in [-0.2, 0) is 37.2 Å². The van der Waals surface area contributed by atoms with E-state index in [9.17, 15) is 18.4 Å². The van der Waals surface area contributed by atoms with Gasteiger partial charge in [-0.2, -0.15) is 0 Å². The van der Waals surface area contributed by atoms with Gasteiger partial charge >= 0.3 is 35.5 Å². The molecule has 0 saturated carbocycles. The number of benzene rings is 3. The molecule has 1 aliphatic carbocycles. The number of nitrogens with one attached hydrogen (secondary N) is 1. The number of Topliss-reactive ketones (excluding diaryl/α,β-unsaturated/α-hetero) is 1. The van der Waals surface area contributed by atoms with Gasteiger partial charge in [0.2, 0.25) is 0 Å². The fourth-order valence-corrected chi connectivity index (χ4v) is 5.89. The minimum absolute atomic E-state index is 0. The smallest absolute Gasteiger partial charge is 0.772 e. The Morgan fingerprint density at radius 3 is 2.49 bits per heavy atom. The van der Waals surface area contributed by atoms with Crippen molar-refractivity contribution in [2.24, 2.45) is 0 Å². The number of carbonyl (C=O) groups is 2. The Kier molecular flexibility index (Phi) is 12.7. The topological polar surface area (TPSA) is 132 Å². The summed E-state index contributed by atoms with van der Waals surface area (Å²) < 4.78 is 27.4. The summed E-state index contributed by atoms with van der Waals surface area (Å²) in [4.78, 5) is 24.1. The van der Waals surface area contributed by atoms with Gasteiger partial charge < -0.3 is 25.0 Å². The Hall–Kier alpha value is -2.79. The van der Waals surface area contributed by atoms with Crippen LogP contribution < -0.4 is 40.2 Å². The van der Waals surface area contributed by atoms with E-state index in [0.717, 1.165) is 35.1 Å². The Morgan fingerprint density at radius 1 is 1.09 bits per heavy atom. The van der Waals surface area contributed by atoms with Crippen LogP contribution in [0.5, 0.6) is 0 Å². The number of fused-ring (bicyclic) bond motifs is 1. The fourth-order valence-electron chi connectivity index (χ4n) is 5.45. The van der Waals surface area contributed by atoms with Crippen LogP contribution in [0, 0.1) is 0 Å². The molecule has 0 heterocycles. The zero-order valence-electron chi connectivity index (χ0n) is 25.3. The van der Waals surface area contributed by atoms with Crippen molar-refractivity contribution < 1.29 is 63.1 Å². The number of allylic oxidation sites excluding steroid dienone is 2. The number of anilines is 1. The minimum atomic E-state index is -2.01. The van der Waals surface area contributed by atoms with E-state index < -0.39 is 17.0 Å². The number of carboxylic acids is 1. The third-order valence-corrected chi connectivity index (χ3v) is 8.23. The number of rotatable bonds is 15. The molecule has 0 fully saturated rings. The standard InChI is InChI=1S/C33H38N2O6S.Na/c1-33(2,30-25-9-5-4-8-23(25)12-15-28(30)34-18-6-7-19-42(39)40)17-16-26-31(38)27(32(26)41-3)21-35-24-13-10-22(11-14-24)20-29(36)37;/h4-5,8-16,34-35H,6-7,17-21H2,1-3H3,(H,36,37)(H,39,40);/q;+1/b26-16+;. The molecule has 0 aromatic heterocycles. The van der Waals surface area contributed by atoms with Gasteiger partial charge in [-0.1, -0.05) is 67.4 Å². The average molecular weight is 614 g/mol. The van der Waals surface area contributed by atoms with E-state index in [0.29, 0.717) is 41.9 Å². The third kappa shape index (κ3) is 8.88. The van der Waals surface area contributed by atoms with Gasteiger partial charge in [0, 0.05) is 23.5 Å². The number of carbonyl (C=O) groups excluding carboxylic acids is 1. The monoisotopic (exact) mass is 613 g/mol. The molecule has 0 saturated heterocycles. The number of quaternary nitrogens is 1. The molecule has 1 unspecified atom stereocenters. The first-order valence-corrected chi connectivity index (χ1v) is 15.3. The van der Waals surface area contributed by atoms with E-state index >= 15 is 0 Å². The van der Waals surface area contributed by atoms with E-state index in [1.807, 2.05) is 18.2 Å². The Labute approximate surface area is 277 Å². The van der Waals surface area contributed by atoms with Crippen LogP contribution in [0.4, 0.5) is 11.4 Å². The maximum absolute atomic E-state index is 13.1. The van der Waals surface area contributed by atoms with E-state index in [2.05, 4.69) is 48.7 Å². The molecule has 0 radical (unpaired) electrons. The number of ketones is 1. The molecule has 4 N–H and O–H groups in total. The number of ether oxygens (including phenoxy) is 1. The van der Waals surface area contributed by atoms with Gasteiger partial charge in [-0.3, -0.25) is 13.8 Å². The summed E-state index contributed by atoms with van der Waals surface area (Å²) in [6.07, 6.45) is 3.99. The molecule has 3 aromatic carbocycles. The van der Waals surface area contributed by atoms with Crippen LogP contribution in [-0.4, -0.2) is 51.6 Å². The van der Waals surface area contributed by atoms with Crippen molar-refractivity contribution in [3.63, 3.8) is 0 Å². The van der Waals surface area contributed by atoms with E-state index in [1.165, 1.54) is 5.56 Å². The van der Waals surface area contributed by atoms with E-state index in [-0.39, 0.29) is 52.9 Å². The predicted octanol–water partition coefficient (Wildman–Crippen LogP) is 1.51. The van der Waals surface area contributed by atoms with Gasteiger partial charge in [-0.05, 0) is 65.3 Å². The van der Waals surface area contributed by atoms with Crippen LogP contribution in [0.25, 0.3) is 10.8 Å². The van der Waals surface area contributed by atoms with Gasteiger partial charge in [-0.15, -0.1) is 0 Å². The zero-order valence-corrected chi connectivity index (χ0v) is 28.1. The second kappa shape index (κ2) is 15.8. The number of aliphatic carboxylic acids is 1. The third-order valence-electron chi connectivity index (χ3n) is 7.60. The van der Waals surface area contributed by atoms with Crippen LogP contribution in [0.2, 0.25) is 0 Å². The summed E-state index contributed by atoms with van der Waals surface area (Å²) >= 11 is -2.01. The van der Waals surface area contributed by atoms with E-state index in [4.69, 9.17) is 9.84 Å². The molecule has 10 heteroatoms. The van der Waals surface area contributed by atoms with Crippen LogP contribution in [0.1, 0.15) is 44.2 Å². The number of unbranched alkanes of at least 4 members (excludes halogenated alkanes) is 1. The molecular weight excluding hydrogens is 575 g/mol. The summed E-state index contributed by atoms with van der Waals surface area (Å²) in [6.45, 7) is 5.45. The summed E-state index contributed by atoms with van der Waals surface area (Å²) in [7, 11) is 1.57. The Bertz CT molecular complexity index is 1550. The van der Waals surface area contributed by atoms with Gasteiger partial charge in [0.1, 0.15) is 11.4 Å². The molecule has 8 nitrogen and oxygen atoms in total. The number of nitrogens with two attached hydrogens (primary N) is 1. The largest absolute Gasteiger partial charge is 1.00 e. The summed E-state index contributed by atoms with van der Waals surface area (Å²) in [5.74, 6) is -0.156. The van der Waals surface area contributed by atoms with Crippen molar-refractivity contribution >= 4 is 45.0 Å². The maximum Gasteiger partial charge on any atom is 1.00 e. The second-order valence-corrected chi connectivity index (χ2v) is 12.1. The number of methoxy groups -OCH3 is 1. The van der Waals surface area contributed by atoms with Crippen molar-refractivity contribution in [1.29, 1.82) is 0 Å². The quantitative estimate of drug-likeness (QED) is 0.0779. The van der Waals surface area contributed by atoms with Crippen molar-refractivity contribution in [1.82, 2.24) is 0 Å². The predicted molar refractivity (Wildman–Crippen MR) is 164 cm³/mol. The van der Waals surface area contributed by atoms with Gasteiger partial charge in [-0.25, -0.2) is 0 Å². The summed E-state index contributed by atoms with van der Waals surface area (Å²) in [6, 6.07) is 19.7. The molecule has 222 valence electrons. The van der Waals surface area contributed by atoms with Gasteiger partial charge in [0.25, 0.3) is 0 Å². The molecule has 4 rings (SSSR count). The van der Waals surface area contributed by atoms with E-state index in [1.54, 1.807) is 31.4 Å². The number of hydrogen-bond donors (Lipinski definition) is 3. The van der Waals surface area contributed by atoms with Crippen molar-refractivity contribution in [3.05, 3.63) is 94.8 Å². The molecular formula is C33H38N2NaO6S+. The van der Waals surface area contributed by atoms with Crippen LogP contribution in [0.3, 0.4) is 0 Å². The molecule has 0 aliphatic heterocycles. The van der Waals surface area contributed by atoms with Crippen LogP contribution >= 0.6 is 0 Å². The van der Waals surface area contributed by atoms with Crippen molar-refractivity contribution in [3.8, 4) is 0 Å². The van der Waals surface area contributed by atoms with Gasteiger partial charge in [0.05, 0.1) is 31.2 Å². The average Bonchev–Trinajstić information content (AvgIpc) is 2.95. The second-order valence-electron chi connectivity index (χ2n) is 11.1. The minimum Gasteiger partial charge on any atom is -0.772 e. The normalized spacial score (nSPS) is 14.8. The molecule has 3 aromatic rings. The van der Waals surface area contributed by atoms with Gasteiger partial charge in [0.15, 0.2) is 5.78 Å². The summed E-state index contributed by atoms with van der Waals surface area (Å²) in [5.41, 5.74) is 4.68. The molecule has 1 atom stereocenters. The SMILES string of the molecule is COC1=C(CNc2ccc(CC(=O)O)cc2)C(=O)/C1=C\CC(C)(C)c1c([NH2+]CCCCS(=O)[O-])ccc2ccccc12.[Na+]. The molecule has 0 spiro atoms. The molecule has 0 bridgehead atoms.